The fourth-order valence-electron chi connectivity index (χ4n) is 2.71. The minimum Gasteiger partial charge on any atom is -0.477 e. The number of nitrogens with zero attached hydrogens (tertiary/aromatic N) is 2. The SMILES string of the molecule is CCO/N=C/C1=C(C(=O)O)N2C(=O)C(NC(=O)Cc3cccs3)[C@H]2SC1. The van der Waals surface area contributed by atoms with Crippen LogP contribution in [-0.2, 0) is 25.6 Å². The molecule has 0 saturated carbocycles. The van der Waals surface area contributed by atoms with Gasteiger partial charge in [-0.3, -0.25) is 14.5 Å². The van der Waals surface area contributed by atoms with Crippen LogP contribution in [-0.4, -0.2) is 57.8 Å². The van der Waals surface area contributed by atoms with Crippen molar-refractivity contribution in [3.63, 3.8) is 0 Å². The first-order valence-electron chi connectivity index (χ1n) is 7.91. The zero-order valence-electron chi connectivity index (χ0n) is 13.9. The highest BCUT2D eigenvalue weighted by molar-refractivity contribution is 8.00. The van der Waals surface area contributed by atoms with Crippen molar-refractivity contribution in [2.24, 2.45) is 5.16 Å². The molecule has 1 aromatic rings. The van der Waals surface area contributed by atoms with E-state index in [9.17, 15) is 19.5 Å². The van der Waals surface area contributed by atoms with Crippen LogP contribution in [0.3, 0.4) is 0 Å². The van der Waals surface area contributed by atoms with Gasteiger partial charge in [0.05, 0.1) is 12.6 Å². The van der Waals surface area contributed by atoms with Crippen LogP contribution in [0, 0.1) is 0 Å². The molecule has 1 saturated heterocycles. The molecule has 0 spiro atoms. The monoisotopic (exact) mass is 395 g/mol. The molecule has 2 atom stereocenters. The molecule has 1 unspecified atom stereocenters. The summed E-state index contributed by atoms with van der Waals surface area (Å²) in [6, 6.07) is 2.99. The second-order valence-electron chi connectivity index (χ2n) is 5.54. The fraction of sp³-hybridized carbons (Fsp3) is 0.375. The Morgan fingerprint density at radius 2 is 2.35 bits per heavy atom. The van der Waals surface area contributed by atoms with Crippen LogP contribution < -0.4 is 5.32 Å². The number of aliphatic carboxylic acids is 1. The predicted octanol–water partition coefficient (Wildman–Crippen LogP) is 1.05. The molecule has 2 aliphatic rings. The summed E-state index contributed by atoms with van der Waals surface area (Å²) in [6.07, 6.45) is 1.53. The lowest BCUT2D eigenvalue weighted by molar-refractivity contribution is -0.150. The van der Waals surface area contributed by atoms with Gasteiger partial charge in [-0.2, -0.15) is 0 Å². The Balaban J connectivity index is 1.70. The van der Waals surface area contributed by atoms with Gasteiger partial charge in [0.1, 0.15) is 23.7 Å². The largest absolute Gasteiger partial charge is 0.477 e. The molecule has 3 rings (SSSR count). The van der Waals surface area contributed by atoms with Crippen LogP contribution >= 0.6 is 23.1 Å². The summed E-state index contributed by atoms with van der Waals surface area (Å²) >= 11 is 2.86. The summed E-state index contributed by atoms with van der Waals surface area (Å²) in [5.41, 5.74) is 0.301. The highest BCUT2D eigenvalue weighted by Gasteiger charge is 2.54. The number of oxime groups is 1. The Kier molecular flexibility index (Phi) is 5.62. The number of β-lactam (4-membered cyclic amide) rings is 1. The van der Waals surface area contributed by atoms with Gasteiger partial charge in [0.25, 0.3) is 5.91 Å². The van der Waals surface area contributed by atoms with Crippen LogP contribution in [0.25, 0.3) is 0 Å². The van der Waals surface area contributed by atoms with Crippen LogP contribution in [0.15, 0.2) is 33.9 Å². The maximum atomic E-state index is 12.5. The number of carbonyl (C=O) groups is 3. The number of rotatable bonds is 7. The summed E-state index contributed by atoms with van der Waals surface area (Å²) in [7, 11) is 0. The lowest BCUT2D eigenvalue weighted by Crippen LogP contribution is -2.70. The Morgan fingerprint density at radius 3 is 3.00 bits per heavy atom. The molecular formula is C16H17N3O5S2. The molecule has 0 aromatic carbocycles. The van der Waals surface area contributed by atoms with Crippen molar-refractivity contribution in [2.75, 3.05) is 12.4 Å². The molecule has 1 aromatic heterocycles. The van der Waals surface area contributed by atoms with E-state index in [1.54, 1.807) is 6.92 Å². The highest BCUT2D eigenvalue weighted by atomic mass is 32.2. The van der Waals surface area contributed by atoms with E-state index >= 15 is 0 Å². The molecule has 138 valence electrons. The molecule has 1 fully saturated rings. The highest BCUT2D eigenvalue weighted by Crippen LogP contribution is 2.39. The third kappa shape index (κ3) is 3.61. The van der Waals surface area contributed by atoms with Crippen molar-refractivity contribution in [3.8, 4) is 0 Å². The number of fused-ring (bicyclic) bond motifs is 1. The normalized spacial score (nSPS) is 22.2. The van der Waals surface area contributed by atoms with Crippen LogP contribution in [0.4, 0.5) is 0 Å². The molecule has 26 heavy (non-hydrogen) atoms. The van der Waals surface area contributed by atoms with E-state index in [1.807, 2.05) is 17.5 Å². The molecule has 3 heterocycles. The standard InChI is InChI=1S/C16H17N3O5S2/c1-2-24-17-7-9-8-26-15-12(14(21)19(15)13(9)16(22)23)18-11(20)6-10-4-3-5-25-10/h3-5,7,12,15H,2,6,8H2,1H3,(H,18,20)(H,22,23)/b17-7+/t12?,15-/m1/s1. The zero-order valence-corrected chi connectivity index (χ0v) is 15.5. The minimum atomic E-state index is -1.20. The number of amides is 2. The van der Waals surface area contributed by atoms with E-state index in [-0.39, 0.29) is 18.0 Å². The van der Waals surface area contributed by atoms with Gasteiger partial charge in [-0.1, -0.05) is 11.2 Å². The molecule has 0 bridgehead atoms. The average molecular weight is 395 g/mol. The number of hydrogen-bond acceptors (Lipinski definition) is 7. The van der Waals surface area contributed by atoms with E-state index in [1.165, 1.54) is 34.2 Å². The van der Waals surface area contributed by atoms with Crippen molar-refractivity contribution in [1.29, 1.82) is 0 Å². The van der Waals surface area contributed by atoms with Gasteiger partial charge in [0, 0.05) is 16.2 Å². The van der Waals surface area contributed by atoms with E-state index in [0.29, 0.717) is 17.9 Å². The number of nitrogens with one attached hydrogen (secondary N) is 1. The van der Waals surface area contributed by atoms with E-state index < -0.39 is 23.3 Å². The van der Waals surface area contributed by atoms with Gasteiger partial charge in [0.2, 0.25) is 5.91 Å². The topological polar surface area (TPSA) is 108 Å². The first kappa shape index (κ1) is 18.5. The van der Waals surface area contributed by atoms with Crippen LogP contribution in [0.5, 0.6) is 0 Å². The maximum absolute atomic E-state index is 12.5. The molecule has 0 radical (unpaired) electrons. The lowest BCUT2D eigenvalue weighted by Gasteiger charge is -2.49. The summed E-state index contributed by atoms with van der Waals surface area (Å²) in [4.78, 5) is 43.2. The molecule has 8 nitrogen and oxygen atoms in total. The minimum absolute atomic E-state index is 0.106. The molecule has 0 aliphatic carbocycles. The van der Waals surface area contributed by atoms with Crippen molar-refractivity contribution < 1.29 is 24.3 Å². The number of carbonyl (C=O) groups excluding carboxylic acids is 2. The Labute approximate surface area is 157 Å². The molecule has 10 heteroatoms. The third-order valence-corrected chi connectivity index (χ3v) is 6.02. The van der Waals surface area contributed by atoms with Crippen LogP contribution in [0.2, 0.25) is 0 Å². The van der Waals surface area contributed by atoms with Crippen molar-refractivity contribution in [2.45, 2.75) is 24.8 Å². The predicted molar refractivity (Wildman–Crippen MR) is 97.8 cm³/mol. The van der Waals surface area contributed by atoms with E-state index in [2.05, 4.69) is 10.5 Å². The molecule has 2 amide bonds. The Morgan fingerprint density at radius 1 is 1.54 bits per heavy atom. The Bertz CT molecular complexity index is 775. The maximum Gasteiger partial charge on any atom is 0.353 e. The van der Waals surface area contributed by atoms with Gasteiger partial charge in [0.15, 0.2) is 0 Å². The fourth-order valence-corrected chi connectivity index (χ4v) is 4.71. The van der Waals surface area contributed by atoms with E-state index in [0.717, 1.165) is 4.88 Å². The number of hydrogen-bond donors (Lipinski definition) is 2. The third-order valence-electron chi connectivity index (χ3n) is 3.84. The second-order valence-corrected chi connectivity index (χ2v) is 7.68. The summed E-state index contributed by atoms with van der Waals surface area (Å²) in [6.45, 7) is 2.13. The molecule has 2 aliphatic heterocycles. The average Bonchev–Trinajstić information content (AvgIpc) is 3.12. The molecular weight excluding hydrogens is 378 g/mol. The summed E-state index contributed by atoms with van der Waals surface area (Å²) in [5, 5.41) is 17.4. The second kappa shape index (κ2) is 7.92. The van der Waals surface area contributed by atoms with Gasteiger partial charge >= 0.3 is 5.97 Å². The van der Waals surface area contributed by atoms with Crippen molar-refractivity contribution in [1.82, 2.24) is 10.2 Å². The van der Waals surface area contributed by atoms with Crippen molar-refractivity contribution in [3.05, 3.63) is 33.7 Å². The molecule has 2 N–H and O–H groups in total. The first-order chi connectivity index (χ1) is 12.5. The van der Waals surface area contributed by atoms with E-state index in [4.69, 9.17) is 4.84 Å². The lowest BCUT2D eigenvalue weighted by atomic mass is 10.0. The van der Waals surface area contributed by atoms with Crippen molar-refractivity contribution >= 4 is 47.1 Å². The number of thioether (sulfide) groups is 1. The zero-order chi connectivity index (χ0) is 18.7. The summed E-state index contributed by atoms with van der Waals surface area (Å²) < 4.78 is 0. The quantitative estimate of drug-likeness (QED) is 0.406. The first-order valence-corrected chi connectivity index (χ1v) is 9.84. The van der Waals surface area contributed by atoms with Gasteiger partial charge in [-0.05, 0) is 18.4 Å². The van der Waals surface area contributed by atoms with Crippen LogP contribution in [0.1, 0.15) is 11.8 Å². The van der Waals surface area contributed by atoms with Gasteiger partial charge in [-0.15, -0.1) is 23.1 Å². The van der Waals surface area contributed by atoms with Gasteiger partial charge < -0.3 is 15.3 Å². The number of thiophene rings is 1. The number of carboxylic acid groups (broad SMARTS) is 1. The Hall–Kier alpha value is -2.33. The summed E-state index contributed by atoms with van der Waals surface area (Å²) in [5.74, 6) is -1.52. The smallest absolute Gasteiger partial charge is 0.353 e. The number of carboxylic acids is 1. The van der Waals surface area contributed by atoms with Gasteiger partial charge in [-0.25, -0.2) is 4.79 Å².